The molecule has 3 nitrogen and oxygen atoms in total. The van der Waals surface area contributed by atoms with Crippen molar-refractivity contribution in [1.29, 1.82) is 0 Å². The summed E-state index contributed by atoms with van der Waals surface area (Å²) in [5.74, 6) is 0. The maximum Gasteiger partial charge on any atom is 0.0614 e. The molecule has 0 aliphatic heterocycles. The minimum absolute atomic E-state index is 0.000139. The second-order valence-electron chi connectivity index (χ2n) is 5.31. The Morgan fingerprint density at radius 1 is 1.14 bits per heavy atom. The summed E-state index contributed by atoms with van der Waals surface area (Å²) in [7, 11) is 0. The molecule has 0 radical (unpaired) electrons. The number of hydrogen-bond acceptors (Lipinski definition) is 3. The Hall–Kier alpha value is -0.120. The monoisotopic (exact) mass is 199 g/mol. The highest BCUT2D eigenvalue weighted by molar-refractivity contribution is 5.02. The molecule has 0 saturated heterocycles. The lowest BCUT2D eigenvalue weighted by atomic mass is 9.65. The zero-order valence-electron chi connectivity index (χ0n) is 8.71. The van der Waals surface area contributed by atoms with Gasteiger partial charge in [-0.1, -0.05) is 12.8 Å². The first-order chi connectivity index (χ1) is 6.60. The van der Waals surface area contributed by atoms with E-state index >= 15 is 0 Å². The predicted molar refractivity (Wildman–Crippen MR) is 54.8 cm³/mol. The van der Waals surface area contributed by atoms with Crippen molar-refractivity contribution in [1.82, 2.24) is 0 Å². The van der Waals surface area contributed by atoms with Crippen LogP contribution in [0.1, 0.15) is 44.9 Å². The van der Waals surface area contributed by atoms with Crippen LogP contribution in [0, 0.1) is 5.41 Å². The smallest absolute Gasteiger partial charge is 0.0614 e. The minimum atomic E-state index is -0.521. The molecule has 2 aliphatic rings. The van der Waals surface area contributed by atoms with Crippen LogP contribution in [-0.2, 0) is 0 Å². The van der Waals surface area contributed by atoms with Crippen molar-refractivity contribution in [3.05, 3.63) is 0 Å². The van der Waals surface area contributed by atoms with E-state index in [1.165, 1.54) is 12.8 Å². The molecule has 1 spiro atoms. The van der Waals surface area contributed by atoms with E-state index in [1.807, 2.05) is 0 Å². The molecule has 2 fully saturated rings. The van der Waals surface area contributed by atoms with E-state index in [2.05, 4.69) is 0 Å². The van der Waals surface area contributed by atoms with Gasteiger partial charge in [-0.3, -0.25) is 0 Å². The van der Waals surface area contributed by atoms with E-state index in [1.54, 1.807) is 0 Å². The largest absolute Gasteiger partial charge is 0.394 e. The lowest BCUT2D eigenvalue weighted by Gasteiger charge is -2.46. The van der Waals surface area contributed by atoms with Crippen molar-refractivity contribution in [3.63, 3.8) is 0 Å². The molecule has 0 bridgehead atoms. The normalized spacial score (nSPS) is 41.8. The van der Waals surface area contributed by atoms with Crippen molar-refractivity contribution in [2.24, 2.45) is 11.1 Å². The summed E-state index contributed by atoms with van der Waals surface area (Å²) in [6, 6.07) is 0. The van der Waals surface area contributed by atoms with E-state index in [-0.39, 0.29) is 18.1 Å². The first-order valence-electron chi connectivity index (χ1n) is 5.68. The topological polar surface area (TPSA) is 66.5 Å². The van der Waals surface area contributed by atoms with Crippen LogP contribution in [0.3, 0.4) is 0 Å². The van der Waals surface area contributed by atoms with Crippen molar-refractivity contribution >= 4 is 0 Å². The maximum absolute atomic E-state index is 10.1. The molecule has 14 heavy (non-hydrogen) atoms. The van der Waals surface area contributed by atoms with Gasteiger partial charge in [0.1, 0.15) is 0 Å². The van der Waals surface area contributed by atoms with Crippen molar-refractivity contribution in [2.45, 2.75) is 56.6 Å². The summed E-state index contributed by atoms with van der Waals surface area (Å²) in [6.45, 7) is 0.000139. The van der Waals surface area contributed by atoms with Gasteiger partial charge in [0.15, 0.2) is 0 Å². The fourth-order valence-electron chi connectivity index (χ4n) is 3.17. The first-order valence-corrected chi connectivity index (χ1v) is 5.68. The van der Waals surface area contributed by atoms with Crippen LogP contribution in [0.2, 0.25) is 0 Å². The number of nitrogens with two attached hydrogens (primary N) is 1. The SMILES string of the molecule is NC1(CO)CCC2(CCCC2)C(O)C1. The lowest BCUT2D eigenvalue weighted by molar-refractivity contribution is -0.0459. The predicted octanol–water partition coefficient (Wildman–Crippen LogP) is 0.781. The molecular formula is C11H21NO2. The van der Waals surface area contributed by atoms with Crippen LogP contribution < -0.4 is 5.73 Å². The van der Waals surface area contributed by atoms with Gasteiger partial charge in [-0.05, 0) is 37.5 Å². The molecule has 2 aliphatic carbocycles. The summed E-state index contributed by atoms with van der Waals surface area (Å²) < 4.78 is 0. The van der Waals surface area contributed by atoms with Crippen LogP contribution in [0.5, 0.6) is 0 Å². The van der Waals surface area contributed by atoms with Crippen molar-refractivity contribution < 1.29 is 10.2 Å². The molecule has 0 heterocycles. The highest BCUT2D eigenvalue weighted by Crippen LogP contribution is 2.50. The Kier molecular flexibility index (Phi) is 2.58. The van der Waals surface area contributed by atoms with Gasteiger partial charge in [0.05, 0.1) is 12.7 Å². The molecule has 0 aromatic rings. The molecule has 0 aromatic carbocycles. The highest BCUT2D eigenvalue weighted by atomic mass is 16.3. The molecule has 4 N–H and O–H groups in total. The van der Waals surface area contributed by atoms with E-state index in [0.717, 1.165) is 25.7 Å². The van der Waals surface area contributed by atoms with Gasteiger partial charge in [0.25, 0.3) is 0 Å². The van der Waals surface area contributed by atoms with Gasteiger partial charge >= 0.3 is 0 Å². The van der Waals surface area contributed by atoms with Crippen LogP contribution in [0.4, 0.5) is 0 Å². The summed E-state index contributed by atoms with van der Waals surface area (Å²) in [6.07, 6.45) is 6.92. The van der Waals surface area contributed by atoms with Gasteiger partial charge in [-0.2, -0.15) is 0 Å². The van der Waals surface area contributed by atoms with Gasteiger partial charge in [0.2, 0.25) is 0 Å². The van der Waals surface area contributed by atoms with Crippen LogP contribution in [0.25, 0.3) is 0 Å². The van der Waals surface area contributed by atoms with Crippen molar-refractivity contribution in [2.75, 3.05) is 6.61 Å². The average molecular weight is 199 g/mol. The molecule has 2 saturated carbocycles. The van der Waals surface area contributed by atoms with E-state index < -0.39 is 5.54 Å². The van der Waals surface area contributed by atoms with Crippen LogP contribution in [-0.4, -0.2) is 28.5 Å². The average Bonchev–Trinajstić information content (AvgIpc) is 2.63. The third-order valence-electron chi connectivity index (χ3n) is 4.34. The maximum atomic E-state index is 10.1. The number of rotatable bonds is 1. The lowest BCUT2D eigenvalue weighted by Crippen LogP contribution is -2.54. The quantitative estimate of drug-likeness (QED) is 0.584. The second-order valence-corrected chi connectivity index (χ2v) is 5.31. The Labute approximate surface area is 85.3 Å². The summed E-state index contributed by atoms with van der Waals surface area (Å²) in [4.78, 5) is 0. The number of aliphatic hydroxyl groups is 2. The summed E-state index contributed by atoms with van der Waals surface area (Å²) >= 11 is 0. The molecule has 2 atom stereocenters. The zero-order chi connectivity index (χ0) is 10.2. The third-order valence-corrected chi connectivity index (χ3v) is 4.34. The molecule has 0 amide bonds. The van der Waals surface area contributed by atoms with Gasteiger partial charge in [0, 0.05) is 5.54 Å². The highest BCUT2D eigenvalue weighted by Gasteiger charge is 2.48. The van der Waals surface area contributed by atoms with E-state index in [4.69, 9.17) is 10.8 Å². The Bertz CT molecular complexity index is 213. The number of aliphatic hydroxyl groups excluding tert-OH is 2. The molecule has 0 aromatic heterocycles. The van der Waals surface area contributed by atoms with Gasteiger partial charge in [-0.15, -0.1) is 0 Å². The van der Waals surface area contributed by atoms with Gasteiger partial charge < -0.3 is 15.9 Å². The first kappa shape index (κ1) is 10.4. The molecule has 3 heteroatoms. The number of hydrogen-bond donors (Lipinski definition) is 3. The van der Waals surface area contributed by atoms with E-state index in [9.17, 15) is 5.11 Å². The molecule has 2 unspecified atom stereocenters. The molecular weight excluding hydrogens is 178 g/mol. The third kappa shape index (κ3) is 1.58. The summed E-state index contributed by atoms with van der Waals surface area (Å²) in [5.41, 5.74) is 5.62. The molecule has 82 valence electrons. The molecule has 2 rings (SSSR count). The fraction of sp³-hybridized carbons (Fsp3) is 1.00. The Balaban J connectivity index is 2.06. The van der Waals surface area contributed by atoms with Crippen molar-refractivity contribution in [3.8, 4) is 0 Å². The van der Waals surface area contributed by atoms with Gasteiger partial charge in [-0.25, -0.2) is 0 Å². The van der Waals surface area contributed by atoms with Crippen LogP contribution in [0.15, 0.2) is 0 Å². The second kappa shape index (κ2) is 3.47. The minimum Gasteiger partial charge on any atom is -0.394 e. The van der Waals surface area contributed by atoms with E-state index in [0.29, 0.717) is 6.42 Å². The summed E-state index contributed by atoms with van der Waals surface area (Å²) in [5, 5.41) is 19.3. The fourth-order valence-corrected chi connectivity index (χ4v) is 3.17. The standard InChI is InChI=1S/C11H21NO2/c12-11(8-13)6-5-10(9(14)7-11)3-1-2-4-10/h9,13-14H,1-8,12H2. The zero-order valence-corrected chi connectivity index (χ0v) is 8.71. The Morgan fingerprint density at radius 2 is 1.79 bits per heavy atom. The van der Waals surface area contributed by atoms with Crippen LogP contribution >= 0.6 is 0 Å². The Morgan fingerprint density at radius 3 is 2.29 bits per heavy atom.